The van der Waals surface area contributed by atoms with Crippen molar-refractivity contribution in [3.8, 4) is 0 Å². The maximum atomic E-state index is 11.0. The summed E-state index contributed by atoms with van der Waals surface area (Å²) in [7, 11) is 1.38. The lowest BCUT2D eigenvalue weighted by molar-refractivity contribution is -0.140. The van der Waals surface area contributed by atoms with Crippen LogP contribution in [0, 0.1) is 0 Å². The maximum Gasteiger partial charge on any atom is 0.305 e. The molecule has 16 heavy (non-hydrogen) atoms. The number of aryl methyl sites for hydroxylation is 1. The molecule has 1 aromatic heterocycles. The number of esters is 1. The number of methoxy groups -OCH3 is 1. The standard InChI is InChI=1S/C12H12N2O2/c1-16-12(15)7-6-9-8-13-10-4-2-3-5-11(10)14-9/h2-5,8H,6-7H2,1H3. The third-order valence-electron chi connectivity index (χ3n) is 2.31. The molecule has 0 aliphatic heterocycles. The van der Waals surface area contributed by atoms with Gasteiger partial charge in [-0.05, 0) is 12.1 Å². The highest BCUT2D eigenvalue weighted by Gasteiger charge is 2.03. The Hall–Kier alpha value is -1.97. The van der Waals surface area contributed by atoms with Crippen molar-refractivity contribution in [1.29, 1.82) is 0 Å². The van der Waals surface area contributed by atoms with Gasteiger partial charge in [0.1, 0.15) is 0 Å². The minimum Gasteiger partial charge on any atom is -0.469 e. The van der Waals surface area contributed by atoms with E-state index in [1.807, 2.05) is 24.3 Å². The number of para-hydroxylation sites is 2. The zero-order valence-corrected chi connectivity index (χ0v) is 9.01. The van der Waals surface area contributed by atoms with Gasteiger partial charge in [-0.15, -0.1) is 0 Å². The van der Waals surface area contributed by atoms with E-state index in [1.54, 1.807) is 6.20 Å². The number of benzene rings is 1. The van der Waals surface area contributed by atoms with E-state index in [4.69, 9.17) is 0 Å². The van der Waals surface area contributed by atoms with Crippen LogP contribution in [0.5, 0.6) is 0 Å². The molecule has 0 bridgehead atoms. The third-order valence-corrected chi connectivity index (χ3v) is 2.31. The Labute approximate surface area is 93.3 Å². The third kappa shape index (κ3) is 2.34. The molecule has 2 aromatic rings. The first-order valence-electron chi connectivity index (χ1n) is 5.07. The van der Waals surface area contributed by atoms with E-state index in [0.29, 0.717) is 12.8 Å². The van der Waals surface area contributed by atoms with Crippen LogP contribution in [-0.2, 0) is 16.0 Å². The summed E-state index contributed by atoms with van der Waals surface area (Å²) in [5.74, 6) is -0.227. The normalized spacial score (nSPS) is 10.3. The highest BCUT2D eigenvalue weighted by atomic mass is 16.5. The van der Waals surface area contributed by atoms with E-state index in [1.165, 1.54) is 7.11 Å². The largest absolute Gasteiger partial charge is 0.469 e. The highest BCUT2D eigenvalue weighted by molar-refractivity contribution is 5.74. The van der Waals surface area contributed by atoms with E-state index in [0.717, 1.165) is 16.7 Å². The number of ether oxygens (including phenoxy) is 1. The molecular formula is C12H12N2O2. The molecule has 0 amide bonds. The lowest BCUT2D eigenvalue weighted by Gasteiger charge is -2.01. The zero-order valence-electron chi connectivity index (χ0n) is 9.01. The number of aromatic nitrogens is 2. The molecular weight excluding hydrogens is 204 g/mol. The fourth-order valence-corrected chi connectivity index (χ4v) is 1.45. The molecule has 0 spiro atoms. The molecule has 4 heteroatoms. The molecule has 0 N–H and O–H groups in total. The van der Waals surface area contributed by atoms with Crippen LogP contribution < -0.4 is 0 Å². The van der Waals surface area contributed by atoms with Crippen molar-refractivity contribution in [2.75, 3.05) is 7.11 Å². The summed E-state index contributed by atoms with van der Waals surface area (Å²) in [6.45, 7) is 0. The van der Waals surface area contributed by atoms with Crippen molar-refractivity contribution < 1.29 is 9.53 Å². The zero-order chi connectivity index (χ0) is 11.4. The van der Waals surface area contributed by atoms with Gasteiger partial charge in [0.2, 0.25) is 0 Å². The summed E-state index contributed by atoms with van der Waals surface area (Å²) in [5, 5.41) is 0. The second-order valence-corrected chi connectivity index (χ2v) is 3.43. The Kier molecular flexibility index (Phi) is 3.10. The van der Waals surface area contributed by atoms with Gasteiger partial charge in [-0.1, -0.05) is 12.1 Å². The van der Waals surface area contributed by atoms with E-state index >= 15 is 0 Å². The molecule has 0 saturated carbocycles. The SMILES string of the molecule is COC(=O)CCc1cnc2ccccc2n1. The van der Waals surface area contributed by atoms with Crippen molar-refractivity contribution in [3.05, 3.63) is 36.2 Å². The Morgan fingerprint density at radius 1 is 1.31 bits per heavy atom. The van der Waals surface area contributed by atoms with E-state index in [9.17, 15) is 4.79 Å². The second kappa shape index (κ2) is 4.70. The van der Waals surface area contributed by atoms with Gasteiger partial charge in [0, 0.05) is 12.6 Å². The summed E-state index contributed by atoms with van der Waals surface area (Å²) in [4.78, 5) is 19.7. The summed E-state index contributed by atoms with van der Waals surface area (Å²) < 4.78 is 4.57. The fraction of sp³-hybridized carbons (Fsp3) is 0.250. The minimum absolute atomic E-state index is 0.227. The maximum absolute atomic E-state index is 11.0. The number of rotatable bonds is 3. The molecule has 0 aliphatic carbocycles. The Morgan fingerprint density at radius 2 is 2.06 bits per heavy atom. The molecule has 0 radical (unpaired) electrons. The molecule has 1 aromatic carbocycles. The molecule has 0 atom stereocenters. The Balaban J connectivity index is 2.16. The van der Waals surface area contributed by atoms with Crippen molar-refractivity contribution in [2.45, 2.75) is 12.8 Å². The molecule has 0 fully saturated rings. The molecule has 4 nitrogen and oxygen atoms in total. The van der Waals surface area contributed by atoms with Crippen molar-refractivity contribution in [1.82, 2.24) is 9.97 Å². The number of hydrogen-bond donors (Lipinski definition) is 0. The van der Waals surface area contributed by atoms with Crippen molar-refractivity contribution >= 4 is 17.0 Å². The van der Waals surface area contributed by atoms with Gasteiger partial charge >= 0.3 is 5.97 Å². The van der Waals surface area contributed by atoms with Crippen molar-refractivity contribution in [3.63, 3.8) is 0 Å². The quantitative estimate of drug-likeness (QED) is 0.733. The average molecular weight is 216 g/mol. The van der Waals surface area contributed by atoms with Gasteiger partial charge in [-0.2, -0.15) is 0 Å². The fourth-order valence-electron chi connectivity index (χ4n) is 1.45. The van der Waals surface area contributed by atoms with Crippen LogP contribution in [0.2, 0.25) is 0 Å². The molecule has 0 saturated heterocycles. The Morgan fingerprint density at radius 3 is 2.81 bits per heavy atom. The van der Waals surface area contributed by atoms with Crippen LogP contribution in [0.15, 0.2) is 30.5 Å². The number of carbonyl (C=O) groups excluding carboxylic acids is 1. The first-order valence-corrected chi connectivity index (χ1v) is 5.07. The summed E-state index contributed by atoms with van der Waals surface area (Å²) in [5.41, 5.74) is 2.53. The molecule has 82 valence electrons. The lowest BCUT2D eigenvalue weighted by Crippen LogP contribution is -2.03. The topological polar surface area (TPSA) is 52.1 Å². The van der Waals surface area contributed by atoms with Gasteiger partial charge in [0.15, 0.2) is 0 Å². The van der Waals surface area contributed by atoms with Gasteiger partial charge in [-0.3, -0.25) is 9.78 Å². The summed E-state index contributed by atoms with van der Waals surface area (Å²) in [6.07, 6.45) is 2.60. The van der Waals surface area contributed by atoms with Gasteiger partial charge < -0.3 is 4.74 Å². The van der Waals surface area contributed by atoms with Gasteiger partial charge in [-0.25, -0.2) is 4.98 Å². The second-order valence-electron chi connectivity index (χ2n) is 3.43. The average Bonchev–Trinajstić information content (AvgIpc) is 2.35. The predicted octanol–water partition coefficient (Wildman–Crippen LogP) is 1.74. The number of hydrogen-bond acceptors (Lipinski definition) is 4. The molecule has 2 rings (SSSR count). The predicted molar refractivity (Wildman–Crippen MR) is 59.9 cm³/mol. The van der Waals surface area contributed by atoms with E-state index in [2.05, 4.69) is 14.7 Å². The van der Waals surface area contributed by atoms with Crippen LogP contribution in [-0.4, -0.2) is 23.0 Å². The highest BCUT2D eigenvalue weighted by Crippen LogP contribution is 2.09. The molecule has 0 unspecified atom stereocenters. The van der Waals surface area contributed by atoms with Crippen LogP contribution in [0.1, 0.15) is 12.1 Å². The molecule has 0 aliphatic rings. The van der Waals surface area contributed by atoms with E-state index < -0.39 is 0 Å². The van der Waals surface area contributed by atoms with Crippen molar-refractivity contribution in [2.24, 2.45) is 0 Å². The first kappa shape index (κ1) is 10.5. The van der Waals surface area contributed by atoms with Crippen LogP contribution in [0.4, 0.5) is 0 Å². The van der Waals surface area contributed by atoms with Crippen LogP contribution in [0.3, 0.4) is 0 Å². The van der Waals surface area contributed by atoms with Gasteiger partial charge in [0.25, 0.3) is 0 Å². The van der Waals surface area contributed by atoms with Gasteiger partial charge in [0.05, 0.1) is 30.3 Å². The summed E-state index contributed by atoms with van der Waals surface area (Å²) >= 11 is 0. The van der Waals surface area contributed by atoms with E-state index in [-0.39, 0.29) is 5.97 Å². The number of nitrogens with zero attached hydrogens (tertiary/aromatic N) is 2. The smallest absolute Gasteiger partial charge is 0.305 e. The monoisotopic (exact) mass is 216 g/mol. The van der Waals surface area contributed by atoms with Crippen LogP contribution >= 0.6 is 0 Å². The number of fused-ring (bicyclic) bond motifs is 1. The van der Waals surface area contributed by atoms with Crippen LogP contribution in [0.25, 0.3) is 11.0 Å². The minimum atomic E-state index is -0.227. The lowest BCUT2D eigenvalue weighted by atomic mass is 10.2. The number of carbonyl (C=O) groups is 1. The first-order chi connectivity index (χ1) is 7.79. The summed E-state index contributed by atoms with van der Waals surface area (Å²) in [6, 6.07) is 7.66. The Bertz CT molecular complexity index is 511. The molecule has 1 heterocycles.